The van der Waals surface area contributed by atoms with Crippen LogP contribution in [0.15, 0.2) is 60.3 Å². The van der Waals surface area contributed by atoms with E-state index in [1.807, 2.05) is 0 Å². The van der Waals surface area contributed by atoms with Crippen molar-refractivity contribution < 1.29 is 226 Å². The molecule has 47 heteroatoms. The summed E-state index contributed by atoms with van der Waals surface area (Å²) in [5.41, 5.74) is -5.29. The number of nitrogens with one attached hydrogen (secondary N) is 1. The molecule has 9 aliphatic heterocycles. The fourth-order valence-electron chi connectivity index (χ4n) is 25.0. The summed E-state index contributed by atoms with van der Waals surface area (Å²) >= 11 is 0. The highest BCUT2D eigenvalue weighted by Gasteiger charge is 2.72. The van der Waals surface area contributed by atoms with Crippen LogP contribution in [0.4, 0.5) is 0 Å². The second-order valence-corrected chi connectivity index (χ2v) is 45.6. The van der Waals surface area contributed by atoms with Crippen LogP contribution in [0.25, 0.3) is 0 Å². The molecule has 4 saturated carbocycles. The molecule has 50 atom stereocenters. The zero-order valence-corrected chi connectivity index (χ0v) is 85.9. The average Bonchev–Trinajstić information content (AvgIpc) is 0.672. The summed E-state index contributed by atoms with van der Waals surface area (Å²) < 4.78 is 122. The number of ether oxygens (including phenoxy) is 20. The molecule has 23 N–H and O–H groups in total. The molecule has 844 valence electrons. The zero-order chi connectivity index (χ0) is 108. The summed E-state index contributed by atoms with van der Waals surface area (Å²) in [4.78, 5) is 57.4. The first-order valence-corrected chi connectivity index (χ1v) is 51.5. The van der Waals surface area contributed by atoms with Crippen LogP contribution in [0.3, 0.4) is 0 Å². The number of allylic oxidation sites excluding steroid dienone is 4. The molecular weight excluding hydrogens is 1960 g/mol. The Morgan fingerprint density at radius 2 is 0.959 bits per heavy atom. The molecular formula is C101H159NO46. The number of rotatable bonds is 34. The number of carbonyl (C=O) groups is 4. The maximum atomic E-state index is 16.6. The van der Waals surface area contributed by atoms with Crippen molar-refractivity contribution in [3.8, 4) is 0 Å². The van der Waals surface area contributed by atoms with Gasteiger partial charge in [0.2, 0.25) is 12.2 Å². The summed E-state index contributed by atoms with van der Waals surface area (Å²) in [6.07, 6.45) is -56.7. The summed E-state index contributed by atoms with van der Waals surface area (Å²) in [6.45, 7) is 26.7. The maximum Gasteiger partial charge on any atom is 0.333 e. The Labute approximate surface area is 858 Å². The van der Waals surface area contributed by atoms with Crippen molar-refractivity contribution >= 4 is 23.8 Å². The Morgan fingerprint density at radius 3 is 1.58 bits per heavy atom. The summed E-state index contributed by atoms with van der Waals surface area (Å²) in [5, 5.41) is 249. The number of aliphatic hydroxyl groups excluding tert-OH is 21. The van der Waals surface area contributed by atoms with Gasteiger partial charge in [0.15, 0.2) is 62.5 Å². The van der Waals surface area contributed by atoms with E-state index in [0.29, 0.717) is 51.4 Å². The molecule has 9 heterocycles. The standard InChI is InChI=1S/C101H159NO46/c1-16-96(11,128)26-18-20-44(4)83(126)141-80-64(113)52(108)39-134-91(80)148-97(12,17-2)27-19-21-43(3)82(125)129-41-55-67(116)70(119)81(146-89-75(124)78(144-88-73(122)69(118)65(114)54(35-103)137-88)76(45(5)136-89)142-87-74(123)77(53(109)40-132-87)143-85-71(120)61(110)49(105)36-130-85)92(139-55)147-93(127)101-32-30-94(7,8)34-48(101)47-22-23-58-98(13)28-25-59(95(9,10)57(98)24-29-100(58,15)99(47,14)31-33-101)140-84-60(102-46(6)104)68(117)66(115)56(138-84)42-135-90-79(63(112)51(107)38-133-90)145-86-72(121)62(111)50(106)37-131-86/h16-17,20-22,45,48-81,84-92,103,105-124,128H,1-2,18-19,23-42H2,3-15H3,(H,102,104)/b43-21+,44-20+/t45-,48-,49+,50-,51-,52+,53+,54+,55+,56+,57-,58+,59-,60+,61-,62-,63-,64-,65+,66+,67+,68+,69-,70-,71+,72+,73+,74+,75+,76-,77-,78-,79+,80+,81+,84-,85-,86-,87-,88-,89-,90-,91-,92-,96+,97+,98-,99+,100+,101-/m0/s1. The number of amides is 1. The number of hydrogen-bond donors (Lipinski definition) is 23. The molecule has 47 nitrogen and oxygen atoms in total. The molecule has 9 saturated heterocycles. The highest BCUT2D eigenvalue weighted by Crippen LogP contribution is 2.76. The molecule has 0 aromatic rings. The third-order valence-electron chi connectivity index (χ3n) is 34.6. The number of esters is 3. The van der Waals surface area contributed by atoms with Gasteiger partial charge in [0.05, 0.1) is 75.1 Å². The first-order chi connectivity index (χ1) is 69.4. The topological polar surface area (TPSA) is 710 Å². The Balaban J connectivity index is 0.719. The Hall–Kier alpha value is -4.98. The van der Waals surface area contributed by atoms with Gasteiger partial charge in [-0.1, -0.05) is 84.4 Å². The van der Waals surface area contributed by atoms with Gasteiger partial charge in [0.25, 0.3) is 0 Å². The van der Waals surface area contributed by atoms with E-state index in [4.69, 9.17) is 94.7 Å². The van der Waals surface area contributed by atoms with Gasteiger partial charge in [0.1, 0.15) is 177 Å². The number of carbonyl (C=O) groups excluding carboxylic acids is 4. The lowest BCUT2D eigenvalue weighted by Crippen LogP contribution is -2.68. The van der Waals surface area contributed by atoms with Crippen molar-refractivity contribution in [2.24, 2.45) is 50.2 Å². The lowest BCUT2D eigenvalue weighted by atomic mass is 9.33. The molecule has 0 unspecified atom stereocenters. The van der Waals surface area contributed by atoms with Gasteiger partial charge in [-0.2, -0.15) is 0 Å². The summed E-state index contributed by atoms with van der Waals surface area (Å²) in [5.74, 6) is -3.80. The van der Waals surface area contributed by atoms with Gasteiger partial charge in [-0.3, -0.25) is 9.59 Å². The van der Waals surface area contributed by atoms with E-state index in [9.17, 15) is 127 Å². The smallest absolute Gasteiger partial charge is 0.333 e. The minimum Gasteiger partial charge on any atom is -0.459 e. The van der Waals surface area contributed by atoms with E-state index < -0.39 is 378 Å². The molecule has 0 aromatic heterocycles. The maximum absolute atomic E-state index is 16.6. The molecule has 0 aromatic carbocycles. The fraction of sp³-hybridized carbons (Fsp3) is 0.861. The third-order valence-corrected chi connectivity index (χ3v) is 34.6. The fourth-order valence-corrected chi connectivity index (χ4v) is 25.0. The van der Waals surface area contributed by atoms with Crippen molar-refractivity contribution in [2.75, 3.05) is 52.9 Å². The SMILES string of the molecule is C=C[C@@](C)(O)CC/C=C(\C)C(=O)O[C@H]1[C@H](O[C@](C)(C=C)CC/C=C(\C)C(=O)OC[C@H]2O[C@@H](OC(=O)[C@]34CCC(C)(C)C[C@H]3C3=CC[C@@H]5[C@@]6(C)CC[C@H](O[C@@H]7O[C@H](CO[C@@H]8OC[C@H](O)[C@H](O)[C@H]8O[C@@H]8OC[C@H](O)[C@H](O)[C@H]8O)[C@@H](O)[C@H](O)[C@H]7NC(C)=O)C(C)(C)[C@@H]6CC[C@@]5(C)[C@]3(C)CC4)[C@H](O[C@@H]3O[C@@H](C)[C@H](O[C@@H]4OC[C@@H](O)[C@H](O[C@@H]5OC[C@@H](O)[C@H](O)[C@H]5O)[C@H]4O)[C@@H](O[C@@H]4O[C@H](CO)[C@@H](O)[C@H](O)[C@H]4O)[C@H]3O)[C@@H](O)[C@@H]2O)OC[C@@H](O)[C@@H]1O. The quantitative estimate of drug-likeness (QED) is 0.00957. The minimum absolute atomic E-state index is 0.00192. The van der Waals surface area contributed by atoms with Crippen LogP contribution in [0.2, 0.25) is 0 Å². The van der Waals surface area contributed by atoms with Gasteiger partial charge in [-0.05, 0) is 169 Å². The van der Waals surface area contributed by atoms with Crippen LogP contribution in [0, 0.1) is 50.2 Å². The molecule has 5 aliphatic carbocycles. The normalized spacial score (nSPS) is 47.7. The van der Waals surface area contributed by atoms with E-state index >= 15 is 4.79 Å². The molecule has 148 heavy (non-hydrogen) atoms. The predicted octanol–water partition coefficient (Wildman–Crippen LogP) is -4.12. The van der Waals surface area contributed by atoms with Crippen molar-refractivity contribution in [3.05, 3.63) is 60.3 Å². The first-order valence-electron chi connectivity index (χ1n) is 51.5. The third kappa shape index (κ3) is 24.2. The minimum atomic E-state index is -2.30. The number of fused-ring (bicyclic) bond motifs is 7. The molecule has 0 bridgehead atoms. The Morgan fingerprint density at radius 1 is 0.459 bits per heavy atom. The highest BCUT2D eigenvalue weighted by atomic mass is 16.8. The van der Waals surface area contributed by atoms with Gasteiger partial charge in [-0.25, -0.2) is 9.59 Å². The van der Waals surface area contributed by atoms with Gasteiger partial charge in [-0.15, -0.1) is 13.2 Å². The van der Waals surface area contributed by atoms with Crippen LogP contribution in [-0.2, 0) is 114 Å². The Bertz CT molecular complexity index is 4580. The Kier molecular flexibility index (Phi) is 38.0. The van der Waals surface area contributed by atoms with Crippen LogP contribution >= 0.6 is 0 Å². The second-order valence-electron chi connectivity index (χ2n) is 45.6. The van der Waals surface area contributed by atoms with Crippen molar-refractivity contribution in [2.45, 2.75) is 443 Å². The molecule has 0 spiro atoms. The van der Waals surface area contributed by atoms with Crippen LogP contribution < -0.4 is 5.32 Å². The lowest BCUT2D eigenvalue weighted by molar-refractivity contribution is -0.398. The van der Waals surface area contributed by atoms with Gasteiger partial charge < -0.3 is 212 Å². The van der Waals surface area contributed by atoms with Gasteiger partial charge >= 0.3 is 17.9 Å². The average molecular weight is 2120 g/mol. The van der Waals surface area contributed by atoms with Crippen molar-refractivity contribution in [1.29, 1.82) is 0 Å². The predicted molar refractivity (Wildman–Crippen MR) is 501 cm³/mol. The lowest BCUT2D eigenvalue weighted by Gasteiger charge is -2.71. The van der Waals surface area contributed by atoms with Crippen molar-refractivity contribution in [1.82, 2.24) is 5.32 Å². The summed E-state index contributed by atoms with van der Waals surface area (Å²) in [7, 11) is 0. The first kappa shape index (κ1) is 119. The molecule has 14 aliphatic rings. The number of aliphatic hydroxyl groups is 22. The largest absolute Gasteiger partial charge is 0.459 e. The van der Waals surface area contributed by atoms with E-state index in [-0.39, 0.29) is 61.5 Å². The second kappa shape index (κ2) is 47.4. The number of hydrogen-bond acceptors (Lipinski definition) is 46. The molecule has 1 amide bonds. The van der Waals surface area contributed by atoms with E-state index in [1.54, 1.807) is 13.8 Å². The van der Waals surface area contributed by atoms with E-state index in [0.717, 1.165) is 5.57 Å². The zero-order valence-electron chi connectivity index (χ0n) is 85.9. The van der Waals surface area contributed by atoms with Gasteiger partial charge in [0, 0.05) is 18.1 Å². The van der Waals surface area contributed by atoms with Crippen molar-refractivity contribution in [3.63, 3.8) is 0 Å². The van der Waals surface area contributed by atoms with E-state index in [1.165, 1.54) is 52.0 Å². The molecule has 13 fully saturated rings. The highest BCUT2D eigenvalue weighted by molar-refractivity contribution is 5.88. The van der Waals surface area contributed by atoms with Crippen LogP contribution in [0.1, 0.15) is 180 Å². The van der Waals surface area contributed by atoms with Crippen LogP contribution in [0.5, 0.6) is 0 Å². The molecule has 14 rings (SSSR count). The van der Waals surface area contributed by atoms with E-state index in [2.05, 4.69) is 73.0 Å². The molecule has 0 radical (unpaired) electrons. The van der Waals surface area contributed by atoms with Crippen LogP contribution in [-0.4, -0.2) is 452 Å². The monoisotopic (exact) mass is 2120 g/mol. The summed E-state index contributed by atoms with van der Waals surface area (Å²) in [6, 6.07) is -1.32.